The molecule has 2 rings (SSSR count). The van der Waals surface area contributed by atoms with Gasteiger partial charge in [-0.05, 0) is 23.8 Å². The van der Waals surface area contributed by atoms with Crippen molar-refractivity contribution in [2.75, 3.05) is 14.2 Å². The average molecular weight is 245 g/mol. The second-order valence-corrected chi connectivity index (χ2v) is 3.76. The lowest BCUT2D eigenvalue weighted by molar-refractivity contribution is 0.282. The zero-order valence-corrected chi connectivity index (χ0v) is 10.4. The first kappa shape index (κ1) is 12.4. The van der Waals surface area contributed by atoms with Crippen LogP contribution in [0.3, 0.4) is 0 Å². The average Bonchev–Trinajstić information content (AvgIpc) is 2.46. The number of hydrogen-bond acceptors (Lipinski definition) is 4. The number of nitrogens with zero attached hydrogens (tertiary/aromatic N) is 1. The second-order valence-electron chi connectivity index (χ2n) is 3.76. The Morgan fingerprint density at radius 3 is 2.61 bits per heavy atom. The maximum atomic E-state index is 9.35. The van der Waals surface area contributed by atoms with Crippen LogP contribution in [-0.2, 0) is 6.61 Å². The third-order valence-corrected chi connectivity index (χ3v) is 2.78. The summed E-state index contributed by atoms with van der Waals surface area (Å²) in [6, 6.07) is 7.35. The summed E-state index contributed by atoms with van der Waals surface area (Å²) in [5.41, 5.74) is 2.56. The number of benzene rings is 1. The minimum absolute atomic E-state index is 0.0347. The molecule has 0 amide bonds. The summed E-state index contributed by atoms with van der Waals surface area (Å²) in [5.74, 6) is 1.42. The molecule has 0 aliphatic carbocycles. The van der Waals surface area contributed by atoms with E-state index in [-0.39, 0.29) is 6.61 Å². The highest BCUT2D eigenvalue weighted by atomic mass is 16.5. The van der Waals surface area contributed by atoms with Crippen molar-refractivity contribution in [1.82, 2.24) is 4.98 Å². The molecule has 2 aromatic rings. The highest BCUT2D eigenvalue weighted by molar-refractivity contribution is 5.73. The van der Waals surface area contributed by atoms with E-state index in [2.05, 4.69) is 4.98 Å². The van der Waals surface area contributed by atoms with Gasteiger partial charge in [-0.15, -0.1) is 0 Å². The SMILES string of the molecule is COc1ccc(-c2cnccc2CO)c(OC)c1. The van der Waals surface area contributed by atoms with Gasteiger partial charge in [0.15, 0.2) is 0 Å². The molecule has 1 aromatic heterocycles. The molecule has 0 bridgehead atoms. The van der Waals surface area contributed by atoms with Crippen molar-refractivity contribution in [1.29, 1.82) is 0 Å². The minimum atomic E-state index is -0.0347. The largest absolute Gasteiger partial charge is 0.497 e. The summed E-state index contributed by atoms with van der Waals surface area (Å²) in [6.07, 6.45) is 3.38. The Bertz CT molecular complexity index is 540. The van der Waals surface area contributed by atoms with Gasteiger partial charge in [0.1, 0.15) is 11.5 Å². The molecule has 1 aromatic carbocycles. The number of hydrogen-bond donors (Lipinski definition) is 1. The smallest absolute Gasteiger partial charge is 0.130 e. The predicted molar refractivity (Wildman–Crippen MR) is 68.7 cm³/mol. The summed E-state index contributed by atoms with van der Waals surface area (Å²) >= 11 is 0. The summed E-state index contributed by atoms with van der Waals surface area (Å²) in [7, 11) is 3.21. The Kier molecular flexibility index (Phi) is 3.79. The Balaban J connectivity index is 2.56. The Hall–Kier alpha value is -2.07. The first-order valence-corrected chi connectivity index (χ1v) is 5.56. The van der Waals surface area contributed by atoms with Crippen LogP contribution in [0.4, 0.5) is 0 Å². The van der Waals surface area contributed by atoms with Crippen LogP contribution >= 0.6 is 0 Å². The quantitative estimate of drug-likeness (QED) is 0.897. The van der Waals surface area contributed by atoms with Crippen molar-refractivity contribution in [3.05, 3.63) is 42.2 Å². The monoisotopic (exact) mass is 245 g/mol. The normalized spacial score (nSPS) is 10.2. The molecule has 0 saturated heterocycles. The van der Waals surface area contributed by atoms with Gasteiger partial charge >= 0.3 is 0 Å². The van der Waals surface area contributed by atoms with Gasteiger partial charge in [0.25, 0.3) is 0 Å². The van der Waals surface area contributed by atoms with E-state index in [1.807, 2.05) is 18.2 Å². The Labute approximate surface area is 106 Å². The van der Waals surface area contributed by atoms with E-state index in [1.165, 1.54) is 0 Å². The van der Waals surface area contributed by atoms with Crippen LogP contribution in [-0.4, -0.2) is 24.3 Å². The van der Waals surface area contributed by atoms with Gasteiger partial charge < -0.3 is 14.6 Å². The van der Waals surface area contributed by atoms with Gasteiger partial charge in [0, 0.05) is 29.6 Å². The standard InChI is InChI=1S/C14H15NO3/c1-17-11-3-4-12(14(7-11)18-2)13-8-15-6-5-10(13)9-16/h3-8,16H,9H2,1-2H3. The molecule has 4 nitrogen and oxygen atoms in total. The van der Waals surface area contributed by atoms with Crippen molar-refractivity contribution in [3.8, 4) is 22.6 Å². The van der Waals surface area contributed by atoms with Crippen molar-refractivity contribution in [3.63, 3.8) is 0 Å². The fourth-order valence-electron chi connectivity index (χ4n) is 1.82. The van der Waals surface area contributed by atoms with E-state index in [0.717, 1.165) is 22.4 Å². The van der Waals surface area contributed by atoms with E-state index in [4.69, 9.17) is 9.47 Å². The molecule has 18 heavy (non-hydrogen) atoms. The first-order valence-electron chi connectivity index (χ1n) is 5.56. The van der Waals surface area contributed by atoms with Gasteiger partial charge in [-0.2, -0.15) is 0 Å². The van der Waals surface area contributed by atoms with Crippen LogP contribution in [0.1, 0.15) is 5.56 Å². The number of pyridine rings is 1. The summed E-state index contributed by atoms with van der Waals surface area (Å²) in [4.78, 5) is 4.09. The van der Waals surface area contributed by atoms with E-state index in [9.17, 15) is 5.11 Å². The van der Waals surface area contributed by atoms with E-state index in [1.54, 1.807) is 32.7 Å². The fraction of sp³-hybridized carbons (Fsp3) is 0.214. The maximum Gasteiger partial charge on any atom is 0.130 e. The van der Waals surface area contributed by atoms with E-state index < -0.39 is 0 Å². The van der Waals surface area contributed by atoms with Gasteiger partial charge in [-0.1, -0.05) is 0 Å². The molecular formula is C14H15NO3. The van der Waals surface area contributed by atoms with Gasteiger partial charge in [-0.25, -0.2) is 0 Å². The lowest BCUT2D eigenvalue weighted by Crippen LogP contribution is -1.94. The molecule has 0 fully saturated rings. The molecule has 0 aliphatic rings. The Morgan fingerprint density at radius 2 is 1.94 bits per heavy atom. The first-order chi connectivity index (χ1) is 8.80. The molecule has 1 heterocycles. The lowest BCUT2D eigenvalue weighted by atomic mass is 10.0. The summed E-state index contributed by atoms with van der Waals surface area (Å²) < 4.78 is 10.5. The van der Waals surface area contributed by atoms with Crippen molar-refractivity contribution >= 4 is 0 Å². The van der Waals surface area contributed by atoms with Crippen molar-refractivity contribution < 1.29 is 14.6 Å². The number of rotatable bonds is 4. The highest BCUT2D eigenvalue weighted by Gasteiger charge is 2.11. The maximum absolute atomic E-state index is 9.35. The molecule has 4 heteroatoms. The third kappa shape index (κ3) is 2.28. The molecule has 0 unspecified atom stereocenters. The Morgan fingerprint density at radius 1 is 1.11 bits per heavy atom. The topological polar surface area (TPSA) is 51.6 Å². The number of aromatic nitrogens is 1. The van der Waals surface area contributed by atoms with Gasteiger partial charge in [-0.3, -0.25) is 4.98 Å². The number of ether oxygens (including phenoxy) is 2. The summed E-state index contributed by atoms with van der Waals surface area (Å²) in [6.45, 7) is -0.0347. The predicted octanol–water partition coefficient (Wildman–Crippen LogP) is 2.26. The summed E-state index contributed by atoms with van der Waals surface area (Å²) in [5, 5.41) is 9.35. The molecule has 0 aliphatic heterocycles. The fourth-order valence-corrected chi connectivity index (χ4v) is 1.82. The van der Waals surface area contributed by atoms with Crippen molar-refractivity contribution in [2.45, 2.75) is 6.61 Å². The highest BCUT2D eigenvalue weighted by Crippen LogP contribution is 2.34. The minimum Gasteiger partial charge on any atom is -0.497 e. The number of aliphatic hydroxyl groups excluding tert-OH is 1. The van der Waals surface area contributed by atoms with Crippen LogP contribution in [0.5, 0.6) is 11.5 Å². The molecule has 0 radical (unpaired) electrons. The molecule has 0 spiro atoms. The van der Waals surface area contributed by atoms with E-state index in [0.29, 0.717) is 5.75 Å². The molecular weight excluding hydrogens is 230 g/mol. The third-order valence-electron chi connectivity index (χ3n) is 2.78. The van der Waals surface area contributed by atoms with Crippen LogP contribution in [0.15, 0.2) is 36.7 Å². The van der Waals surface area contributed by atoms with Crippen molar-refractivity contribution in [2.24, 2.45) is 0 Å². The zero-order chi connectivity index (χ0) is 13.0. The lowest BCUT2D eigenvalue weighted by Gasteiger charge is -2.12. The molecule has 0 saturated carbocycles. The zero-order valence-electron chi connectivity index (χ0n) is 10.4. The van der Waals surface area contributed by atoms with Crippen LogP contribution in [0, 0.1) is 0 Å². The van der Waals surface area contributed by atoms with Crippen LogP contribution in [0.2, 0.25) is 0 Å². The molecule has 0 atom stereocenters. The number of aliphatic hydroxyl groups is 1. The van der Waals surface area contributed by atoms with Gasteiger partial charge in [0.2, 0.25) is 0 Å². The number of methoxy groups -OCH3 is 2. The van der Waals surface area contributed by atoms with Crippen LogP contribution in [0.25, 0.3) is 11.1 Å². The molecule has 1 N–H and O–H groups in total. The van der Waals surface area contributed by atoms with Crippen LogP contribution < -0.4 is 9.47 Å². The molecule has 94 valence electrons. The second kappa shape index (κ2) is 5.51. The van der Waals surface area contributed by atoms with Gasteiger partial charge in [0.05, 0.1) is 20.8 Å². The van der Waals surface area contributed by atoms with E-state index >= 15 is 0 Å².